The standard InChI is InChI=1S/C12H19N3O.ClH/c1-14(2)12(16)15(9-8-13)10-11-6-4-3-5-7-11;/h3-7H,8-10,13H2,1-2H3;1H. The smallest absolute Gasteiger partial charge is 0.319 e. The van der Waals surface area contributed by atoms with Gasteiger partial charge in [0.25, 0.3) is 0 Å². The van der Waals surface area contributed by atoms with E-state index in [0.29, 0.717) is 19.6 Å². The molecule has 0 saturated heterocycles. The van der Waals surface area contributed by atoms with Crippen LogP contribution < -0.4 is 5.73 Å². The van der Waals surface area contributed by atoms with Crippen LogP contribution in [-0.2, 0) is 6.54 Å². The van der Waals surface area contributed by atoms with Crippen LogP contribution in [0.2, 0.25) is 0 Å². The lowest BCUT2D eigenvalue weighted by Crippen LogP contribution is -2.41. The summed E-state index contributed by atoms with van der Waals surface area (Å²) in [6.07, 6.45) is 0. The van der Waals surface area contributed by atoms with E-state index >= 15 is 0 Å². The maximum atomic E-state index is 11.8. The number of nitrogens with zero attached hydrogens (tertiary/aromatic N) is 2. The average Bonchev–Trinajstić information content (AvgIpc) is 2.29. The predicted octanol–water partition coefficient (Wildman–Crippen LogP) is 1.55. The van der Waals surface area contributed by atoms with Crippen molar-refractivity contribution in [3.63, 3.8) is 0 Å². The molecule has 0 atom stereocenters. The number of carbonyl (C=O) groups is 1. The number of carbonyl (C=O) groups excluding carboxylic acids is 1. The fourth-order valence-electron chi connectivity index (χ4n) is 1.48. The highest BCUT2D eigenvalue weighted by atomic mass is 35.5. The first-order valence-corrected chi connectivity index (χ1v) is 5.35. The normalized spacial score (nSPS) is 9.35. The Morgan fingerprint density at radius 2 is 1.82 bits per heavy atom. The summed E-state index contributed by atoms with van der Waals surface area (Å²) < 4.78 is 0. The third kappa shape index (κ3) is 5.06. The van der Waals surface area contributed by atoms with Crippen LogP contribution in [0.4, 0.5) is 4.79 Å². The van der Waals surface area contributed by atoms with Gasteiger partial charge in [0, 0.05) is 33.7 Å². The van der Waals surface area contributed by atoms with Gasteiger partial charge in [-0.1, -0.05) is 30.3 Å². The minimum absolute atomic E-state index is 0. The van der Waals surface area contributed by atoms with Crippen LogP contribution in [0.15, 0.2) is 30.3 Å². The van der Waals surface area contributed by atoms with Crippen molar-refractivity contribution in [1.82, 2.24) is 9.80 Å². The molecule has 0 aromatic heterocycles. The largest absolute Gasteiger partial charge is 0.331 e. The maximum absolute atomic E-state index is 11.8. The van der Waals surface area contributed by atoms with Crippen molar-refractivity contribution in [3.8, 4) is 0 Å². The molecule has 0 aliphatic carbocycles. The summed E-state index contributed by atoms with van der Waals surface area (Å²) in [7, 11) is 3.49. The SMILES string of the molecule is CN(C)C(=O)N(CCN)Cc1ccccc1.Cl. The molecule has 1 aromatic carbocycles. The zero-order chi connectivity index (χ0) is 12.0. The molecule has 1 aromatic rings. The van der Waals surface area contributed by atoms with Crippen LogP contribution in [0.3, 0.4) is 0 Å². The summed E-state index contributed by atoms with van der Waals surface area (Å²) in [5.74, 6) is 0. The fourth-order valence-corrected chi connectivity index (χ4v) is 1.48. The molecule has 4 nitrogen and oxygen atoms in total. The zero-order valence-corrected chi connectivity index (χ0v) is 11.1. The van der Waals surface area contributed by atoms with Gasteiger partial charge in [-0.15, -0.1) is 12.4 Å². The van der Waals surface area contributed by atoms with Crippen molar-refractivity contribution in [1.29, 1.82) is 0 Å². The number of urea groups is 1. The molecule has 0 spiro atoms. The highest BCUT2D eigenvalue weighted by molar-refractivity contribution is 5.85. The number of hydrogen-bond donors (Lipinski definition) is 1. The van der Waals surface area contributed by atoms with E-state index in [2.05, 4.69) is 0 Å². The van der Waals surface area contributed by atoms with E-state index in [9.17, 15) is 4.79 Å². The molecule has 0 aliphatic rings. The van der Waals surface area contributed by atoms with E-state index in [1.54, 1.807) is 23.9 Å². The topological polar surface area (TPSA) is 49.6 Å². The predicted molar refractivity (Wildman–Crippen MR) is 72.2 cm³/mol. The van der Waals surface area contributed by atoms with Crippen LogP contribution >= 0.6 is 12.4 Å². The summed E-state index contributed by atoms with van der Waals surface area (Å²) in [5, 5.41) is 0. The summed E-state index contributed by atoms with van der Waals surface area (Å²) in [6.45, 7) is 1.66. The fraction of sp³-hybridized carbons (Fsp3) is 0.417. The molecule has 0 radical (unpaired) electrons. The second kappa shape index (κ2) is 7.92. The second-order valence-electron chi connectivity index (χ2n) is 3.87. The van der Waals surface area contributed by atoms with Gasteiger partial charge in [0.2, 0.25) is 0 Å². The Morgan fingerprint density at radius 1 is 1.24 bits per heavy atom. The molecule has 0 saturated carbocycles. The van der Waals surface area contributed by atoms with Crippen molar-refractivity contribution in [3.05, 3.63) is 35.9 Å². The molecule has 0 unspecified atom stereocenters. The van der Waals surface area contributed by atoms with Gasteiger partial charge in [0.1, 0.15) is 0 Å². The Bertz CT molecular complexity index is 330. The van der Waals surface area contributed by atoms with Crippen molar-refractivity contribution < 1.29 is 4.79 Å². The molecule has 0 fully saturated rings. The third-order valence-electron chi connectivity index (χ3n) is 2.27. The van der Waals surface area contributed by atoms with Crippen LogP contribution in [-0.4, -0.2) is 43.0 Å². The molecule has 0 aliphatic heterocycles. The maximum Gasteiger partial charge on any atom is 0.319 e. The van der Waals surface area contributed by atoms with Crippen LogP contribution in [0.1, 0.15) is 5.56 Å². The number of hydrogen-bond acceptors (Lipinski definition) is 2. The second-order valence-corrected chi connectivity index (χ2v) is 3.87. The van der Waals surface area contributed by atoms with E-state index in [4.69, 9.17) is 5.73 Å². The Morgan fingerprint density at radius 3 is 2.29 bits per heavy atom. The van der Waals surface area contributed by atoms with Crippen LogP contribution in [0.5, 0.6) is 0 Å². The number of amides is 2. The monoisotopic (exact) mass is 257 g/mol. The molecular formula is C12H20ClN3O. The molecule has 17 heavy (non-hydrogen) atoms. The van der Waals surface area contributed by atoms with Crippen LogP contribution in [0.25, 0.3) is 0 Å². The van der Waals surface area contributed by atoms with E-state index in [0.717, 1.165) is 5.56 Å². The van der Waals surface area contributed by atoms with Crippen molar-refractivity contribution >= 4 is 18.4 Å². The molecule has 5 heteroatoms. The summed E-state index contributed by atoms with van der Waals surface area (Å²) in [4.78, 5) is 15.1. The third-order valence-corrected chi connectivity index (χ3v) is 2.27. The highest BCUT2D eigenvalue weighted by Crippen LogP contribution is 2.05. The highest BCUT2D eigenvalue weighted by Gasteiger charge is 2.14. The molecule has 1 rings (SSSR count). The van der Waals surface area contributed by atoms with E-state index in [1.165, 1.54) is 0 Å². The lowest BCUT2D eigenvalue weighted by molar-refractivity contribution is 0.169. The molecular weight excluding hydrogens is 238 g/mol. The molecule has 2 N–H and O–H groups in total. The molecule has 2 amide bonds. The van der Waals surface area contributed by atoms with E-state index < -0.39 is 0 Å². The minimum Gasteiger partial charge on any atom is -0.331 e. The quantitative estimate of drug-likeness (QED) is 0.890. The number of halogens is 1. The first-order valence-electron chi connectivity index (χ1n) is 5.35. The minimum atomic E-state index is -0.00527. The number of benzene rings is 1. The van der Waals surface area contributed by atoms with Gasteiger partial charge < -0.3 is 15.5 Å². The first-order chi connectivity index (χ1) is 7.65. The Labute approximate surface area is 109 Å². The molecule has 96 valence electrons. The van der Waals surface area contributed by atoms with Gasteiger partial charge in [-0.05, 0) is 5.56 Å². The summed E-state index contributed by atoms with van der Waals surface area (Å²) in [5.41, 5.74) is 6.63. The van der Waals surface area contributed by atoms with Gasteiger partial charge in [-0.2, -0.15) is 0 Å². The number of rotatable bonds is 4. The number of nitrogens with two attached hydrogens (primary N) is 1. The summed E-state index contributed by atoms with van der Waals surface area (Å²) >= 11 is 0. The van der Waals surface area contributed by atoms with Crippen LogP contribution in [0, 0.1) is 0 Å². The van der Waals surface area contributed by atoms with Crippen molar-refractivity contribution in [2.24, 2.45) is 5.73 Å². The lowest BCUT2D eigenvalue weighted by Gasteiger charge is -2.25. The molecule has 0 bridgehead atoms. The van der Waals surface area contributed by atoms with Gasteiger partial charge in [0.15, 0.2) is 0 Å². The van der Waals surface area contributed by atoms with Gasteiger partial charge in [-0.25, -0.2) is 4.79 Å². The summed E-state index contributed by atoms with van der Waals surface area (Å²) in [6, 6.07) is 9.91. The molecule has 0 heterocycles. The van der Waals surface area contributed by atoms with E-state index in [-0.39, 0.29) is 18.4 Å². The van der Waals surface area contributed by atoms with Gasteiger partial charge >= 0.3 is 6.03 Å². The van der Waals surface area contributed by atoms with Gasteiger partial charge in [0.05, 0.1) is 0 Å². The zero-order valence-electron chi connectivity index (χ0n) is 10.3. The van der Waals surface area contributed by atoms with Crippen molar-refractivity contribution in [2.75, 3.05) is 27.2 Å². The van der Waals surface area contributed by atoms with Gasteiger partial charge in [-0.3, -0.25) is 0 Å². The van der Waals surface area contributed by atoms with E-state index in [1.807, 2.05) is 30.3 Å². The van der Waals surface area contributed by atoms with Crippen molar-refractivity contribution in [2.45, 2.75) is 6.54 Å². The average molecular weight is 258 g/mol. The Balaban J connectivity index is 0.00000256. The lowest BCUT2D eigenvalue weighted by atomic mass is 10.2. The Hall–Kier alpha value is -1.26. The first kappa shape index (κ1) is 15.7. The Kier molecular flexibility index (Phi) is 7.34.